The number of amides is 6. The number of nitrogens with two attached hydrogens (primary N) is 1. The molecule has 0 saturated carbocycles. The number of ketones is 2. The molecule has 2 aliphatic rings. The van der Waals surface area contributed by atoms with Gasteiger partial charge in [0, 0.05) is 54.2 Å². The molecule has 8 N–H and O–H groups in total. The summed E-state index contributed by atoms with van der Waals surface area (Å²) in [5.41, 5.74) is 8.06. The molecule has 3 aromatic rings. The fourth-order valence-electron chi connectivity index (χ4n) is 8.08. The van der Waals surface area contributed by atoms with Crippen LogP contribution in [0.1, 0.15) is 105 Å². The molecule has 17 nitrogen and oxygen atoms in total. The van der Waals surface area contributed by atoms with E-state index in [1.807, 2.05) is 34.6 Å². The average molecular weight is 955 g/mol. The number of rotatable bonds is 22. The maximum Gasteiger partial charge on any atom is 0.245 e. The highest BCUT2D eigenvalue weighted by molar-refractivity contribution is 7.98. The summed E-state index contributed by atoms with van der Waals surface area (Å²) in [6.45, 7) is 11.6. The molecule has 68 heavy (non-hydrogen) atoms. The van der Waals surface area contributed by atoms with Crippen molar-refractivity contribution in [2.75, 3.05) is 43.5 Å². The van der Waals surface area contributed by atoms with Crippen molar-refractivity contribution in [3.63, 3.8) is 0 Å². The Balaban J connectivity index is 1.13. The molecular weight excluding hydrogens is 889 g/mol. The Morgan fingerprint density at radius 1 is 0.779 bits per heavy atom. The summed E-state index contributed by atoms with van der Waals surface area (Å²) in [6, 6.07) is 14.2. The molecule has 1 aliphatic carbocycles. The number of hydrogen-bond donors (Lipinski definition) is 7. The molecular formula is C50H66N8O9S. The van der Waals surface area contributed by atoms with Crippen LogP contribution in [0.2, 0.25) is 0 Å². The van der Waals surface area contributed by atoms with Gasteiger partial charge in [0.25, 0.3) is 0 Å². The third-order valence-corrected chi connectivity index (χ3v) is 12.0. The van der Waals surface area contributed by atoms with Gasteiger partial charge in [-0.2, -0.15) is 11.8 Å². The van der Waals surface area contributed by atoms with Crippen LogP contribution in [0.15, 0.2) is 66.7 Å². The molecule has 0 aromatic heterocycles. The summed E-state index contributed by atoms with van der Waals surface area (Å²) >= 11 is 1.30. The van der Waals surface area contributed by atoms with Crippen molar-refractivity contribution in [3.8, 4) is 5.75 Å². The Morgan fingerprint density at radius 2 is 1.44 bits per heavy atom. The van der Waals surface area contributed by atoms with Gasteiger partial charge in [-0.1, -0.05) is 62.4 Å². The first-order valence-electron chi connectivity index (χ1n) is 23.1. The number of nitrogens with zero attached hydrogens (tertiary/aromatic N) is 1. The first kappa shape index (κ1) is 52.7. The normalized spacial score (nSPS) is 16.1. The third-order valence-electron chi connectivity index (χ3n) is 11.3. The lowest BCUT2D eigenvalue weighted by molar-refractivity contribution is -0.141. The van der Waals surface area contributed by atoms with E-state index < -0.39 is 71.9 Å². The predicted molar refractivity (Wildman–Crippen MR) is 261 cm³/mol. The summed E-state index contributed by atoms with van der Waals surface area (Å²) in [6.07, 6.45) is 3.66. The molecule has 18 heteroatoms. The zero-order chi connectivity index (χ0) is 49.7. The van der Waals surface area contributed by atoms with Gasteiger partial charge in [-0.25, -0.2) is 0 Å². The van der Waals surface area contributed by atoms with Crippen LogP contribution in [0.25, 0.3) is 0 Å². The fraction of sp³-hybridized carbons (Fsp3) is 0.480. The maximum atomic E-state index is 14.0. The molecule has 3 aromatic carbocycles. The minimum atomic E-state index is -1.08. The van der Waals surface area contributed by atoms with Crippen LogP contribution in [0.3, 0.4) is 0 Å². The van der Waals surface area contributed by atoms with E-state index in [0.29, 0.717) is 66.0 Å². The van der Waals surface area contributed by atoms with Gasteiger partial charge in [0.05, 0.1) is 18.2 Å². The molecule has 6 amide bonds. The Morgan fingerprint density at radius 3 is 2.09 bits per heavy atom. The minimum Gasteiger partial charge on any atom is -0.488 e. The SMILES string of the molecule is CSC[C@H](NC(=O)[C@H](Cc1ccc(OC(C)(C)C)cc1)NC(=O)[C@H](C)N)C(=O)NCC(=O)N[C@@H](CC(C)C)C(=O)N1CCC[C@H]1C(=O)NCCCNc1cccc2c1C(=O)c1ccccc1C2=O. The lowest BCUT2D eigenvalue weighted by Crippen LogP contribution is -2.58. The van der Waals surface area contributed by atoms with Gasteiger partial charge in [0.1, 0.15) is 35.5 Å². The summed E-state index contributed by atoms with van der Waals surface area (Å²) in [4.78, 5) is 109. The van der Waals surface area contributed by atoms with Crippen molar-refractivity contribution >= 4 is 64.5 Å². The minimum absolute atomic E-state index is 0.00812. The van der Waals surface area contributed by atoms with Crippen LogP contribution in [0, 0.1) is 5.92 Å². The fourth-order valence-corrected chi connectivity index (χ4v) is 8.65. The highest BCUT2D eigenvalue weighted by atomic mass is 32.2. The van der Waals surface area contributed by atoms with Crippen LogP contribution in [0.5, 0.6) is 5.75 Å². The van der Waals surface area contributed by atoms with E-state index in [4.69, 9.17) is 10.5 Å². The van der Waals surface area contributed by atoms with Gasteiger partial charge < -0.3 is 47.3 Å². The van der Waals surface area contributed by atoms with Crippen molar-refractivity contribution in [1.82, 2.24) is 31.5 Å². The molecule has 0 bridgehead atoms. The van der Waals surface area contributed by atoms with E-state index >= 15 is 0 Å². The second kappa shape index (κ2) is 24.1. The number of carbonyl (C=O) groups excluding carboxylic acids is 8. The number of fused-ring (bicyclic) bond motifs is 2. The zero-order valence-corrected chi connectivity index (χ0v) is 40.8. The lowest BCUT2D eigenvalue weighted by Gasteiger charge is -2.29. The van der Waals surface area contributed by atoms with Gasteiger partial charge in [0.2, 0.25) is 35.4 Å². The maximum absolute atomic E-state index is 14.0. The number of hydrogen-bond acceptors (Lipinski definition) is 12. The second-order valence-electron chi connectivity index (χ2n) is 18.6. The van der Waals surface area contributed by atoms with Crippen LogP contribution < -0.4 is 42.4 Å². The molecule has 1 saturated heterocycles. The summed E-state index contributed by atoms with van der Waals surface area (Å²) < 4.78 is 5.90. The van der Waals surface area contributed by atoms with Gasteiger partial charge >= 0.3 is 0 Å². The first-order chi connectivity index (χ1) is 32.3. The van der Waals surface area contributed by atoms with Crippen molar-refractivity contribution in [1.29, 1.82) is 0 Å². The number of benzene rings is 3. The molecule has 0 unspecified atom stereocenters. The Hall–Kier alpha value is -6.27. The zero-order valence-electron chi connectivity index (χ0n) is 40.0. The predicted octanol–water partition coefficient (Wildman–Crippen LogP) is 3.12. The van der Waals surface area contributed by atoms with Crippen LogP contribution in [0.4, 0.5) is 5.69 Å². The van der Waals surface area contributed by atoms with Crippen molar-refractivity contribution in [2.45, 2.75) is 109 Å². The number of likely N-dealkylation sites (tertiary alicyclic amines) is 1. The Bertz CT molecular complexity index is 2330. The van der Waals surface area contributed by atoms with E-state index in [0.717, 1.165) is 5.56 Å². The van der Waals surface area contributed by atoms with Gasteiger partial charge in [-0.05, 0) is 89.3 Å². The van der Waals surface area contributed by atoms with E-state index in [2.05, 4.69) is 31.9 Å². The molecule has 5 atom stereocenters. The van der Waals surface area contributed by atoms with Crippen molar-refractivity contribution in [3.05, 3.63) is 94.5 Å². The molecule has 1 heterocycles. The molecule has 0 radical (unpaired) electrons. The molecule has 366 valence electrons. The van der Waals surface area contributed by atoms with Crippen molar-refractivity contribution in [2.24, 2.45) is 11.7 Å². The molecule has 1 fully saturated rings. The van der Waals surface area contributed by atoms with Gasteiger partial charge in [-0.15, -0.1) is 0 Å². The largest absolute Gasteiger partial charge is 0.488 e. The number of anilines is 1. The number of carbonyl (C=O) groups is 8. The summed E-state index contributed by atoms with van der Waals surface area (Å²) in [5, 5.41) is 16.9. The van der Waals surface area contributed by atoms with Gasteiger partial charge in [-0.3, -0.25) is 38.4 Å². The number of ether oxygens (including phenoxy) is 1. The van der Waals surface area contributed by atoms with Gasteiger partial charge in [0.15, 0.2) is 11.6 Å². The molecule has 1 aliphatic heterocycles. The highest BCUT2D eigenvalue weighted by Gasteiger charge is 2.38. The van der Waals surface area contributed by atoms with E-state index in [1.165, 1.54) is 23.6 Å². The Labute approximate surface area is 402 Å². The first-order valence-corrected chi connectivity index (χ1v) is 24.5. The Kier molecular flexibility index (Phi) is 18.7. The number of thioether (sulfide) groups is 1. The summed E-state index contributed by atoms with van der Waals surface area (Å²) in [5.74, 6) is -2.82. The van der Waals surface area contributed by atoms with Crippen LogP contribution in [-0.4, -0.2) is 126 Å². The topological polar surface area (TPSA) is 247 Å². The average Bonchev–Trinajstić information content (AvgIpc) is 3.79. The van der Waals surface area contributed by atoms with E-state index in [9.17, 15) is 38.4 Å². The molecule has 5 rings (SSSR count). The summed E-state index contributed by atoms with van der Waals surface area (Å²) in [7, 11) is 0. The van der Waals surface area contributed by atoms with Crippen LogP contribution >= 0.6 is 11.8 Å². The monoisotopic (exact) mass is 954 g/mol. The third kappa shape index (κ3) is 14.4. The lowest BCUT2D eigenvalue weighted by atomic mass is 9.83. The van der Waals surface area contributed by atoms with E-state index in [-0.39, 0.29) is 48.5 Å². The molecule has 0 spiro atoms. The number of nitrogens with one attached hydrogen (secondary N) is 6. The smallest absolute Gasteiger partial charge is 0.245 e. The van der Waals surface area contributed by atoms with Crippen molar-refractivity contribution < 1.29 is 43.1 Å². The highest BCUT2D eigenvalue weighted by Crippen LogP contribution is 2.32. The standard InChI is InChI=1S/C50H66N8O9S/c1-29(2)25-38(49(66)58-24-11-17-40(58)48(65)53-23-12-22-52-36-16-10-15-35-42(36)44(61)34-14-9-8-13-33(34)43(35)60)55-41(59)27-54-46(63)39(28-68-7)57-47(64)37(56-45(62)30(3)51)26-31-18-20-32(21-19-31)67-50(4,5)6/h8-10,13-16,18-21,29-30,37-40,52H,11-12,17,22-28,51H2,1-7H3,(H,53,65)(H,54,63)(H,55,59)(H,56,62)(H,57,64)/t30-,37-,38-,39-,40-/m0/s1. The van der Waals surface area contributed by atoms with Crippen LogP contribution in [-0.2, 0) is 35.2 Å². The second-order valence-corrected chi connectivity index (χ2v) is 19.5. The quantitative estimate of drug-likeness (QED) is 0.0562. The van der Waals surface area contributed by atoms with E-state index in [1.54, 1.807) is 73.0 Å².